The van der Waals surface area contributed by atoms with E-state index in [1.165, 1.54) is 6.07 Å². The fourth-order valence-corrected chi connectivity index (χ4v) is 4.84. The molecule has 2 amide bonds. The summed E-state index contributed by atoms with van der Waals surface area (Å²) in [5.74, 6) is 0.203. The first-order chi connectivity index (χ1) is 16.4. The normalized spacial score (nSPS) is 21.1. The van der Waals surface area contributed by atoms with Crippen molar-refractivity contribution in [3.8, 4) is 0 Å². The average molecular weight is 467 g/mol. The SMILES string of the molecule is CCN(CC)C(=O)C(c1ccccc1)N1CCN(c2ccc(NC(=O)C3CC3C)cc2F)CC1. The Morgan fingerprint density at radius 2 is 1.71 bits per heavy atom. The third kappa shape index (κ3) is 5.25. The van der Waals surface area contributed by atoms with Gasteiger partial charge in [0.15, 0.2) is 0 Å². The van der Waals surface area contributed by atoms with Crippen LogP contribution in [0.3, 0.4) is 0 Å². The lowest BCUT2D eigenvalue weighted by atomic mass is 10.0. The minimum absolute atomic E-state index is 0.0295. The molecule has 0 bridgehead atoms. The largest absolute Gasteiger partial charge is 0.367 e. The molecule has 1 N–H and O–H groups in total. The minimum atomic E-state index is -0.339. The van der Waals surface area contributed by atoms with Gasteiger partial charge in [0, 0.05) is 50.9 Å². The molecule has 0 radical (unpaired) electrons. The molecule has 1 saturated carbocycles. The molecule has 4 rings (SSSR count). The van der Waals surface area contributed by atoms with E-state index in [9.17, 15) is 14.0 Å². The van der Waals surface area contributed by atoms with Crippen LogP contribution >= 0.6 is 0 Å². The van der Waals surface area contributed by atoms with Crippen molar-refractivity contribution >= 4 is 23.2 Å². The van der Waals surface area contributed by atoms with Crippen LogP contribution in [0, 0.1) is 17.7 Å². The van der Waals surface area contributed by atoms with Gasteiger partial charge in [0.25, 0.3) is 0 Å². The molecule has 2 aromatic carbocycles. The van der Waals surface area contributed by atoms with Crippen LogP contribution in [0.15, 0.2) is 48.5 Å². The quantitative estimate of drug-likeness (QED) is 0.635. The summed E-state index contributed by atoms with van der Waals surface area (Å²) in [5, 5.41) is 2.83. The van der Waals surface area contributed by atoms with Crippen molar-refractivity contribution in [1.29, 1.82) is 0 Å². The summed E-state index contributed by atoms with van der Waals surface area (Å²) in [4.78, 5) is 31.6. The first-order valence-electron chi connectivity index (χ1n) is 12.4. The van der Waals surface area contributed by atoms with Gasteiger partial charge in [-0.25, -0.2) is 4.39 Å². The molecule has 3 unspecified atom stereocenters. The second-order valence-electron chi connectivity index (χ2n) is 9.32. The number of nitrogens with zero attached hydrogens (tertiary/aromatic N) is 3. The van der Waals surface area contributed by atoms with Gasteiger partial charge in [0.2, 0.25) is 11.8 Å². The lowest BCUT2D eigenvalue weighted by Gasteiger charge is -2.41. The number of nitrogens with one attached hydrogen (secondary N) is 1. The van der Waals surface area contributed by atoms with Crippen LogP contribution in [-0.2, 0) is 9.59 Å². The van der Waals surface area contributed by atoms with Gasteiger partial charge < -0.3 is 15.1 Å². The zero-order chi connectivity index (χ0) is 24.2. The molecule has 6 nitrogen and oxygen atoms in total. The minimum Gasteiger partial charge on any atom is -0.367 e. The Morgan fingerprint density at radius 3 is 2.26 bits per heavy atom. The molecule has 3 atom stereocenters. The van der Waals surface area contributed by atoms with Crippen LogP contribution in [0.4, 0.5) is 15.8 Å². The van der Waals surface area contributed by atoms with Gasteiger partial charge in [0.05, 0.1) is 5.69 Å². The molecule has 2 fully saturated rings. The number of carbonyl (C=O) groups is 2. The van der Waals surface area contributed by atoms with Crippen LogP contribution in [0.1, 0.15) is 38.8 Å². The van der Waals surface area contributed by atoms with Gasteiger partial charge in [-0.3, -0.25) is 14.5 Å². The first-order valence-corrected chi connectivity index (χ1v) is 12.4. The first kappa shape index (κ1) is 24.2. The van der Waals surface area contributed by atoms with Gasteiger partial charge in [-0.1, -0.05) is 37.3 Å². The molecule has 0 aromatic heterocycles. The number of benzene rings is 2. The van der Waals surface area contributed by atoms with Crippen LogP contribution in [0.25, 0.3) is 0 Å². The molecule has 1 saturated heterocycles. The molecule has 1 aliphatic carbocycles. The third-order valence-corrected chi connectivity index (χ3v) is 7.11. The molecule has 182 valence electrons. The summed E-state index contributed by atoms with van der Waals surface area (Å²) in [5.41, 5.74) is 2.02. The van der Waals surface area contributed by atoms with Crippen molar-refractivity contribution in [3.05, 3.63) is 59.9 Å². The highest BCUT2D eigenvalue weighted by molar-refractivity contribution is 5.94. The lowest BCUT2D eigenvalue weighted by molar-refractivity contribution is -0.137. The Bertz CT molecular complexity index is 1000. The molecule has 0 spiro atoms. The van der Waals surface area contributed by atoms with Crippen LogP contribution < -0.4 is 10.2 Å². The van der Waals surface area contributed by atoms with E-state index in [1.54, 1.807) is 12.1 Å². The smallest absolute Gasteiger partial charge is 0.244 e. The molecule has 1 aliphatic heterocycles. The van der Waals surface area contributed by atoms with E-state index in [-0.39, 0.29) is 29.6 Å². The number of anilines is 2. The number of rotatable bonds is 8. The van der Waals surface area contributed by atoms with E-state index >= 15 is 0 Å². The number of likely N-dealkylation sites (N-methyl/N-ethyl adjacent to an activating group) is 1. The van der Waals surface area contributed by atoms with E-state index in [0.29, 0.717) is 56.6 Å². The van der Waals surface area contributed by atoms with Crippen LogP contribution in [0.5, 0.6) is 0 Å². The average Bonchev–Trinajstić information content (AvgIpc) is 3.58. The van der Waals surface area contributed by atoms with Crippen LogP contribution in [-0.4, -0.2) is 60.9 Å². The highest BCUT2D eigenvalue weighted by atomic mass is 19.1. The summed E-state index contributed by atoms with van der Waals surface area (Å²) in [6, 6.07) is 14.5. The van der Waals surface area contributed by atoms with Gasteiger partial charge in [-0.05, 0) is 49.9 Å². The number of piperazine rings is 1. The number of halogens is 1. The molecular weight excluding hydrogens is 431 g/mol. The van der Waals surface area contributed by atoms with Crippen molar-refractivity contribution in [2.75, 3.05) is 49.5 Å². The Labute approximate surface area is 201 Å². The fourth-order valence-electron chi connectivity index (χ4n) is 4.84. The summed E-state index contributed by atoms with van der Waals surface area (Å²) in [6.07, 6.45) is 0.900. The van der Waals surface area contributed by atoms with E-state index < -0.39 is 0 Å². The maximum atomic E-state index is 15.0. The summed E-state index contributed by atoms with van der Waals surface area (Å²) in [6.45, 7) is 9.95. The molecule has 2 aliphatic rings. The Kier molecular flexibility index (Phi) is 7.51. The lowest BCUT2D eigenvalue weighted by Crippen LogP contribution is -2.51. The summed E-state index contributed by atoms with van der Waals surface area (Å²) < 4.78 is 15.0. The standard InChI is InChI=1S/C27H35FN4O2/c1-4-30(5-2)27(34)25(20-9-7-6-8-10-20)32-15-13-31(14-16-32)24-12-11-21(18-23(24)28)29-26(33)22-17-19(22)3/h6-12,18-19,22,25H,4-5,13-17H2,1-3H3,(H,29,33). The van der Waals surface area contributed by atoms with Gasteiger partial charge >= 0.3 is 0 Å². The second-order valence-corrected chi connectivity index (χ2v) is 9.32. The Morgan fingerprint density at radius 1 is 1.06 bits per heavy atom. The molecule has 1 heterocycles. The van der Waals surface area contributed by atoms with Gasteiger partial charge in [-0.15, -0.1) is 0 Å². The van der Waals surface area contributed by atoms with Crippen LogP contribution in [0.2, 0.25) is 0 Å². The summed E-state index contributed by atoms with van der Waals surface area (Å²) >= 11 is 0. The maximum Gasteiger partial charge on any atom is 0.244 e. The Hall–Kier alpha value is -2.93. The Balaban J connectivity index is 1.43. The van der Waals surface area contributed by atoms with Crippen molar-refractivity contribution in [2.24, 2.45) is 11.8 Å². The number of amides is 2. The molecule has 34 heavy (non-hydrogen) atoms. The highest BCUT2D eigenvalue weighted by Crippen LogP contribution is 2.38. The predicted molar refractivity (Wildman–Crippen MR) is 133 cm³/mol. The molecular formula is C27H35FN4O2. The summed E-state index contributed by atoms with van der Waals surface area (Å²) in [7, 11) is 0. The van der Waals surface area contributed by atoms with Crippen molar-refractivity contribution in [2.45, 2.75) is 33.2 Å². The molecule has 2 aromatic rings. The topological polar surface area (TPSA) is 55.9 Å². The maximum absolute atomic E-state index is 15.0. The predicted octanol–water partition coefficient (Wildman–Crippen LogP) is 4.15. The van der Waals surface area contributed by atoms with Gasteiger partial charge in [0.1, 0.15) is 11.9 Å². The van der Waals surface area contributed by atoms with Gasteiger partial charge in [-0.2, -0.15) is 0 Å². The second kappa shape index (κ2) is 10.6. The van der Waals surface area contributed by atoms with Crippen molar-refractivity contribution in [1.82, 2.24) is 9.80 Å². The third-order valence-electron chi connectivity index (χ3n) is 7.11. The molecule has 7 heteroatoms. The van der Waals surface area contributed by atoms with Crippen molar-refractivity contribution in [3.63, 3.8) is 0 Å². The fraction of sp³-hybridized carbons (Fsp3) is 0.481. The van der Waals surface area contributed by atoms with E-state index in [4.69, 9.17) is 0 Å². The van der Waals surface area contributed by atoms with E-state index in [2.05, 4.69) is 10.2 Å². The number of hydrogen-bond donors (Lipinski definition) is 1. The zero-order valence-electron chi connectivity index (χ0n) is 20.3. The van der Waals surface area contributed by atoms with Crippen molar-refractivity contribution < 1.29 is 14.0 Å². The monoisotopic (exact) mass is 466 g/mol. The highest BCUT2D eigenvalue weighted by Gasteiger charge is 2.39. The van der Waals surface area contributed by atoms with E-state index in [1.807, 2.05) is 60.9 Å². The number of carbonyl (C=O) groups excluding carboxylic acids is 2. The number of hydrogen-bond acceptors (Lipinski definition) is 4. The van der Waals surface area contributed by atoms with E-state index in [0.717, 1.165) is 12.0 Å². The zero-order valence-corrected chi connectivity index (χ0v) is 20.3.